The molecule has 0 bridgehead atoms. The molecule has 0 atom stereocenters. The van der Waals surface area contributed by atoms with Gasteiger partial charge in [-0.15, -0.1) is 10.2 Å². The van der Waals surface area contributed by atoms with Gasteiger partial charge in [0.15, 0.2) is 0 Å². The van der Waals surface area contributed by atoms with E-state index in [1.165, 1.54) is 12.1 Å². The molecule has 5 nitrogen and oxygen atoms in total. The second-order valence-corrected chi connectivity index (χ2v) is 9.40. The fourth-order valence-corrected chi connectivity index (χ4v) is 5.24. The molecule has 2 aliphatic rings. The largest absolute Gasteiger partial charge is 0.394 e. The zero-order valence-electron chi connectivity index (χ0n) is 18.4. The van der Waals surface area contributed by atoms with Crippen LogP contribution in [0.5, 0.6) is 0 Å². The number of hydrogen-bond acceptors (Lipinski definition) is 4. The van der Waals surface area contributed by atoms with E-state index < -0.39 is 11.6 Å². The molecule has 4 aromatic rings. The van der Waals surface area contributed by atoms with Crippen LogP contribution in [0.15, 0.2) is 42.7 Å². The van der Waals surface area contributed by atoms with Crippen LogP contribution in [0.2, 0.25) is 0 Å². The van der Waals surface area contributed by atoms with Crippen molar-refractivity contribution in [1.82, 2.24) is 19.6 Å². The van der Waals surface area contributed by atoms with Crippen molar-refractivity contribution in [1.29, 1.82) is 0 Å². The highest BCUT2D eigenvalue weighted by Gasteiger charge is 2.62. The number of halogens is 4. The summed E-state index contributed by atoms with van der Waals surface area (Å²) in [5.74, 6) is 0.634. The van der Waals surface area contributed by atoms with E-state index >= 15 is 0 Å². The quantitative estimate of drug-likeness (QED) is 0.336. The zero-order valence-corrected chi connectivity index (χ0v) is 18.4. The fourth-order valence-electron chi connectivity index (χ4n) is 5.24. The van der Waals surface area contributed by atoms with Crippen molar-refractivity contribution >= 4 is 28.2 Å². The summed E-state index contributed by atoms with van der Waals surface area (Å²) in [6, 6.07) is 10.4. The lowest BCUT2D eigenvalue weighted by molar-refractivity contribution is -0.188. The van der Waals surface area contributed by atoms with Crippen LogP contribution in [0.25, 0.3) is 16.7 Å². The van der Waals surface area contributed by atoms with Crippen LogP contribution in [-0.4, -0.2) is 32.3 Å². The van der Waals surface area contributed by atoms with Crippen LogP contribution in [0.1, 0.15) is 43.2 Å². The molecular formula is C25H23F4N5. The minimum atomic E-state index is -4.15. The van der Waals surface area contributed by atoms with Crippen LogP contribution >= 0.6 is 0 Å². The highest BCUT2D eigenvalue weighted by molar-refractivity contribution is 5.94. The first-order valence-electron chi connectivity index (χ1n) is 11.6. The summed E-state index contributed by atoms with van der Waals surface area (Å²) in [5.41, 5.74) is 2.17. The lowest BCUT2D eigenvalue weighted by Crippen LogP contribution is -2.25. The Bertz CT molecular complexity index is 1390. The Hall–Kier alpha value is -3.23. The molecule has 3 heterocycles. The molecule has 0 radical (unpaired) electrons. The molecular weight excluding hydrogens is 446 g/mol. The third-order valence-electron chi connectivity index (χ3n) is 7.38. The van der Waals surface area contributed by atoms with Crippen LogP contribution in [-0.2, 0) is 12.8 Å². The van der Waals surface area contributed by atoms with Gasteiger partial charge in [-0.1, -0.05) is 12.1 Å². The van der Waals surface area contributed by atoms with Gasteiger partial charge in [0, 0.05) is 17.6 Å². The van der Waals surface area contributed by atoms with Gasteiger partial charge in [0.25, 0.3) is 5.78 Å². The second-order valence-electron chi connectivity index (χ2n) is 9.40. The monoisotopic (exact) mass is 469 g/mol. The number of aromatic nitrogens is 4. The van der Waals surface area contributed by atoms with Gasteiger partial charge >= 0.3 is 6.18 Å². The van der Waals surface area contributed by atoms with Crippen LogP contribution in [0, 0.1) is 11.2 Å². The van der Waals surface area contributed by atoms with Crippen LogP contribution in [0.4, 0.5) is 29.1 Å². The van der Waals surface area contributed by atoms with Gasteiger partial charge in [0.05, 0.1) is 10.9 Å². The van der Waals surface area contributed by atoms with E-state index in [1.807, 2.05) is 18.2 Å². The molecule has 1 aliphatic carbocycles. The smallest absolute Gasteiger partial charge is 0.325 e. The molecule has 6 rings (SSSR count). The molecule has 1 saturated carbocycles. The lowest BCUT2D eigenvalue weighted by Gasteiger charge is -2.27. The maximum atomic E-state index is 14.3. The predicted octanol–water partition coefficient (Wildman–Crippen LogP) is 6.17. The third kappa shape index (κ3) is 3.40. The zero-order chi connectivity index (χ0) is 23.5. The van der Waals surface area contributed by atoms with Gasteiger partial charge in [-0.05, 0) is 80.3 Å². The van der Waals surface area contributed by atoms with E-state index in [4.69, 9.17) is 4.98 Å². The highest BCUT2D eigenvalue weighted by atomic mass is 19.4. The molecule has 2 aromatic heterocycles. The summed E-state index contributed by atoms with van der Waals surface area (Å²) in [6.45, 7) is 0.672. The van der Waals surface area contributed by atoms with Crippen LogP contribution in [0.3, 0.4) is 0 Å². The topological polar surface area (TPSA) is 46.3 Å². The van der Waals surface area contributed by atoms with Crippen LogP contribution < -0.4 is 4.90 Å². The van der Waals surface area contributed by atoms with E-state index in [9.17, 15) is 17.6 Å². The number of nitrogens with zero attached hydrogens (tertiary/aromatic N) is 5. The number of aryl methyl sites for hydroxylation is 1. The van der Waals surface area contributed by atoms with Crippen molar-refractivity contribution in [3.8, 4) is 0 Å². The van der Waals surface area contributed by atoms with E-state index in [-0.39, 0.29) is 25.1 Å². The van der Waals surface area contributed by atoms with Gasteiger partial charge in [0.1, 0.15) is 18.0 Å². The molecule has 2 aromatic carbocycles. The normalized spacial score (nSPS) is 17.7. The van der Waals surface area contributed by atoms with Crippen molar-refractivity contribution in [2.24, 2.45) is 5.41 Å². The van der Waals surface area contributed by atoms with Crippen molar-refractivity contribution in [3.63, 3.8) is 0 Å². The average molecular weight is 469 g/mol. The first kappa shape index (κ1) is 21.3. The predicted molar refractivity (Wildman–Crippen MR) is 121 cm³/mol. The minimum Gasteiger partial charge on any atom is -0.325 e. The van der Waals surface area contributed by atoms with Gasteiger partial charge in [-0.25, -0.2) is 4.39 Å². The van der Waals surface area contributed by atoms with Gasteiger partial charge in [-0.2, -0.15) is 18.2 Å². The maximum Gasteiger partial charge on any atom is 0.394 e. The number of benzene rings is 2. The average Bonchev–Trinajstić information content (AvgIpc) is 3.52. The number of alkyl halides is 3. The molecule has 0 spiro atoms. The van der Waals surface area contributed by atoms with E-state index in [0.29, 0.717) is 29.9 Å². The Morgan fingerprint density at radius 3 is 2.71 bits per heavy atom. The molecule has 9 heteroatoms. The van der Waals surface area contributed by atoms with Gasteiger partial charge < -0.3 is 4.90 Å². The molecule has 0 unspecified atom stereocenters. The van der Waals surface area contributed by atoms with Crippen molar-refractivity contribution in [3.05, 3.63) is 59.7 Å². The standard InChI is InChI=1S/C25H23F4N5/c26-17-7-8-21-19(14-17)22(31-23-32-30-15-34(21)23)33-13-2-1-5-18-16(4-3-6-20(18)33)9-10-24(11-12-24)25(27,28)29/h3-4,6-8,14-15H,1-2,5,9-13H2. The molecule has 34 heavy (non-hydrogen) atoms. The summed E-state index contributed by atoms with van der Waals surface area (Å²) < 4.78 is 56.5. The molecule has 0 N–H and O–H groups in total. The number of hydrogen-bond donors (Lipinski definition) is 0. The van der Waals surface area contributed by atoms with Crippen molar-refractivity contribution < 1.29 is 17.6 Å². The molecule has 1 fully saturated rings. The van der Waals surface area contributed by atoms with Gasteiger partial charge in [-0.3, -0.25) is 4.40 Å². The van der Waals surface area contributed by atoms with Crippen molar-refractivity contribution in [2.75, 3.05) is 11.4 Å². The maximum absolute atomic E-state index is 14.3. The Labute approximate surface area is 193 Å². The summed E-state index contributed by atoms with van der Waals surface area (Å²) in [7, 11) is 0. The van der Waals surface area contributed by atoms with E-state index in [2.05, 4.69) is 15.1 Å². The third-order valence-corrected chi connectivity index (χ3v) is 7.38. The van der Waals surface area contributed by atoms with Crippen molar-refractivity contribution in [2.45, 2.75) is 51.1 Å². The molecule has 0 amide bonds. The number of rotatable bonds is 4. The summed E-state index contributed by atoms with van der Waals surface area (Å²) in [4.78, 5) is 6.79. The number of anilines is 2. The van der Waals surface area contributed by atoms with E-state index in [1.54, 1.807) is 16.8 Å². The van der Waals surface area contributed by atoms with E-state index in [0.717, 1.165) is 41.6 Å². The Balaban J connectivity index is 1.45. The summed E-state index contributed by atoms with van der Waals surface area (Å²) >= 11 is 0. The first-order valence-corrected chi connectivity index (χ1v) is 11.6. The molecule has 0 saturated heterocycles. The number of fused-ring (bicyclic) bond motifs is 4. The van der Waals surface area contributed by atoms with Gasteiger partial charge in [0.2, 0.25) is 0 Å². The fraction of sp³-hybridized carbons (Fsp3) is 0.400. The first-order chi connectivity index (χ1) is 16.4. The lowest BCUT2D eigenvalue weighted by atomic mass is 9.91. The minimum absolute atomic E-state index is 0.116. The Morgan fingerprint density at radius 1 is 1.06 bits per heavy atom. The summed E-state index contributed by atoms with van der Waals surface area (Å²) in [5, 5.41) is 8.70. The second kappa shape index (κ2) is 7.65. The Morgan fingerprint density at radius 2 is 1.91 bits per heavy atom. The summed E-state index contributed by atoms with van der Waals surface area (Å²) in [6.07, 6.45) is 0.949. The molecule has 176 valence electrons. The Kier molecular flexibility index (Phi) is 4.79. The SMILES string of the molecule is Fc1ccc2c(c1)c(N1CCCCc3c(CCC4(C(F)(F)F)CC4)cccc31)nc1nncn12. The highest BCUT2D eigenvalue weighted by Crippen LogP contribution is 2.60. The molecule has 1 aliphatic heterocycles.